The molecule has 0 aliphatic rings. The second kappa shape index (κ2) is 4.78. The van der Waals surface area contributed by atoms with E-state index in [-0.39, 0.29) is 23.0 Å². The first-order valence-electron chi connectivity index (χ1n) is 5.18. The smallest absolute Gasteiger partial charge is 0.158 e. The summed E-state index contributed by atoms with van der Waals surface area (Å²) in [5.41, 5.74) is 1.53. The standard InChI is InChI=1S/C13H11BrO4/c14-9-6-13(18)12(17)5-8(9)3-7-1-2-10(15)11(16)4-7/h1-2,4-6,15-18H,3H2. The minimum absolute atomic E-state index is 0.175. The Balaban J connectivity index is 2.34. The molecule has 0 saturated heterocycles. The number of phenols is 4. The van der Waals surface area contributed by atoms with Crippen molar-refractivity contribution >= 4 is 15.9 Å². The van der Waals surface area contributed by atoms with Crippen molar-refractivity contribution in [2.75, 3.05) is 0 Å². The van der Waals surface area contributed by atoms with E-state index in [9.17, 15) is 20.4 Å². The van der Waals surface area contributed by atoms with Crippen LogP contribution in [0.3, 0.4) is 0 Å². The van der Waals surface area contributed by atoms with Gasteiger partial charge in [-0.05, 0) is 41.8 Å². The zero-order valence-corrected chi connectivity index (χ0v) is 10.8. The van der Waals surface area contributed by atoms with Crippen LogP contribution in [0.4, 0.5) is 0 Å². The molecule has 0 amide bonds. The molecule has 0 aromatic heterocycles. The van der Waals surface area contributed by atoms with Crippen LogP contribution in [-0.4, -0.2) is 20.4 Å². The molecule has 5 heteroatoms. The van der Waals surface area contributed by atoms with Gasteiger partial charge in [0.15, 0.2) is 23.0 Å². The highest BCUT2D eigenvalue weighted by molar-refractivity contribution is 9.10. The fraction of sp³-hybridized carbons (Fsp3) is 0.0769. The van der Waals surface area contributed by atoms with Crippen LogP contribution in [0.15, 0.2) is 34.8 Å². The Kier molecular flexibility index (Phi) is 3.34. The van der Waals surface area contributed by atoms with E-state index in [2.05, 4.69) is 15.9 Å². The zero-order chi connectivity index (χ0) is 13.3. The minimum Gasteiger partial charge on any atom is -0.504 e. The molecule has 4 N–H and O–H groups in total. The van der Waals surface area contributed by atoms with E-state index in [1.165, 1.54) is 24.3 Å². The third kappa shape index (κ3) is 2.51. The highest BCUT2D eigenvalue weighted by Crippen LogP contribution is 2.33. The summed E-state index contributed by atoms with van der Waals surface area (Å²) in [4.78, 5) is 0. The number of phenolic OH excluding ortho intramolecular Hbond substituents is 4. The van der Waals surface area contributed by atoms with Gasteiger partial charge >= 0.3 is 0 Å². The molecule has 18 heavy (non-hydrogen) atoms. The molecule has 0 bridgehead atoms. The number of rotatable bonds is 2. The molecule has 0 spiro atoms. The van der Waals surface area contributed by atoms with Crippen LogP contribution in [-0.2, 0) is 6.42 Å². The van der Waals surface area contributed by atoms with Gasteiger partial charge in [-0.1, -0.05) is 22.0 Å². The van der Waals surface area contributed by atoms with Crippen molar-refractivity contribution < 1.29 is 20.4 Å². The maximum Gasteiger partial charge on any atom is 0.158 e. The molecule has 0 aliphatic heterocycles. The summed E-state index contributed by atoms with van der Waals surface area (Å²) < 4.78 is 0.658. The Morgan fingerprint density at radius 2 is 1.39 bits per heavy atom. The van der Waals surface area contributed by atoms with Crippen molar-refractivity contribution in [3.63, 3.8) is 0 Å². The molecule has 94 valence electrons. The van der Waals surface area contributed by atoms with Crippen molar-refractivity contribution in [2.45, 2.75) is 6.42 Å². The quantitative estimate of drug-likeness (QED) is 0.643. The Hall–Kier alpha value is -1.88. The van der Waals surface area contributed by atoms with E-state index in [1.54, 1.807) is 6.07 Å². The normalized spacial score (nSPS) is 10.5. The number of halogens is 1. The van der Waals surface area contributed by atoms with E-state index in [1.807, 2.05) is 0 Å². The van der Waals surface area contributed by atoms with Crippen molar-refractivity contribution in [3.8, 4) is 23.0 Å². The van der Waals surface area contributed by atoms with Gasteiger partial charge < -0.3 is 20.4 Å². The highest BCUT2D eigenvalue weighted by Gasteiger charge is 2.08. The van der Waals surface area contributed by atoms with E-state index in [0.717, 1.165) is 11.1 Å². The summed E-state index contributed by atoms with van der Waals surface area (Å²) in [5, 5.41) is 37.4. The molecule has 2 aromatic rings. The van der Waals surface area contributed by atoms with Crippen LogP contribution in [0, 0.1) is 0 Å². The topological polar surface area (TPSA) is 80.9 Å². The molecule has 0 atom stereocenters. The molecule has 2 rings (SSSR count). The third-order valence-corrected chi connectivity index (χ3v) is 3.32. The molecule has 4 nitrogen and oxygen atoms in total. The highest BCUT2D eigenvalue weighted by atomic mass is 79.9. The van der Waals surface area contributed by atoms with Crippen LogP contribution in [0.1, 0.15) is 11.1 Å². The molecular weight excluding hydrogens is 300 g/mol. The number of hydrogen-bond acceptors (Lipinski definition) is 4. The van der Waals surface area contributed by atoms with Gasteiger partial charge in [0.25, 0.3) is 0 Å². The molecule has 0 unspecified atom stereocenters. The lowest BCUT2D eigenvalue weighted by Gasteiger charge is -2.08. The summed E-state index contributed by atoms with van der Waals surface area (Å²) in [6.45, 7) is 0. The Morgan fingerprint density at radius 1 is 0.778 bits per heavy atom. The van der Waals surface area contributed by atoms with E-state index in [4.69, 9.17) is 0 Å². The molecular formula is C13H11BrO4. The Morgan fingerprint density at radius 3 is 2.06 bits per heavy atom. The second-order valence-electron chi connectivity index (χ2n) is 3.93. The number of hydrogen-bond donors (Lipinski definition) is 4. The summed E-state index contributed by atoms with van der Waals surface area (Å²) >= 11 is 3.29. The average Bonchev–Trinajstić information content (AvgIpc) is 2.31. The first-order chi connectivity index (χ1) is 8.47. The average molecular weight is 311 g/mol. The lowest BCUT2D eigenvalue weighted by atomic mass is 10.0. The largest absolute Gasteiger partial charge is 0.504 e. The molecule has 0 heterocycles. The maximum absolute atomic E-state index is 9.44. The van der Waals surface area contributed by atoms with Crippen LogP contribution in [0.5, 0.6) is 23.0 Å². The Bertz CT molecular complexity index is 596. The van der Waals surface area contributed by atoms with Gasteiger partial charge in [-0.25, -0.2) is 0 Å². The van der Waals surface area contributed by atoms with Gasteiger partial charge in [-0.3, -0.25) is 0 Å². The minimum atomic E-state index is -0.198. The molecule has 0 aliphatic carbocycles. The predicted octanol–water partition coefficient (Wildman–Crippen LogP) is 2.86. The third-order valence-electron chi connectivity index (χ3n) is 2.58. The summed E-state index contributed by atoms with van der Waals surface area (Å²) in [6.07, 6.45) is 0.447. The van der Waals surface area contributed by atoms with Crippen molar-refractivity contribution in [2.24, 2.45) is 0 Å². The second-order valence-corrected chi connectivity index (χ2v) is 4.79. The van der Waals surface area contributed by atoms with Gasteiger partial charge in [0.2, 0.25) is 0 Å². The molecule has 2 aromatic carbocycles. The fourth-order valence-corrected chi connectivity index (χ4v) is 2.10. The first kappa shape index (κ1) is 12.6. The van der Waals surface area contributed by atoms with Crippen molar-refractivity contribution in [1.82, 2.24) is 0 Å². The Labute approximate surface area is 112 Å². The zero-order valence-electron chi connectivity index (χ0n) is 9.26. The van der Waals surface area contributed by atoms with E-state index >= 15 is 0 Å². The maximum atomic E-state index is 9.44. The number of aromatic hydroxyl groups is 4. The monoisotopic (exact) mass is 310 g/mol. The number of benzene rings is 2. The van der Waals surface area contributed by atoms with Crippen molar-refractivity contribution in [3.05, 3.63) is 45.9 Å². The fourth-order valence-electron chi connectivity index (χ4n) is 1.63. The molecule has 0 radical (unpaired) electrons. The lowest BCUT2D eigenvalue weighted by molar-refractivity contribution is 0.402. The van der Waals surface area contributed by atoms with Gasteiger partial charge in [0.05, 0.1) is 0 Å². The van der Waals surface area contributed by atoms with Gasteiger partial charge in [-0.2, -0.15) is 0 Å². The predicted molar refractivity (Wildman–Crippen MR) is 70.0 cm³/mol. The molecule has 0 saturated carbocycles. The van der Waals surface area contributed by atoms with Crippen molar-refractivity contribution in [1.29, 1.82) is 0 Å². The van der Waals surface area contributed by atoms with E-state index in [0.29, 0.717) is 10.9 Å². The van der Waals surface area contributed by atoms with Gasteiger partial charge in [0, 0.05) is 4.47 Å². The summed E-state index contributed by atoms with van der Waals surface area (Å²) in [7, 11) is 0. The summed E-state index contributed by atoms with van der Waals surface area (Å²) in [6, 6.07) is 7.38. The molecule has 0 fully saturated rings. The van der Waals surface area contributed by atoms with Crippen LogP contribution < -0.4 is 0 Å². The van der Waals surface area contributed by atoms with Crippen LogP contribution >= 0.6 is 15.9 Å². The van der Waals surface area contributed by atoms with Crippen LogP contribution in [0.2, 0.25) is 0 Å². The first-order valence-corrected chi connectivity index (χ1v) is 5.98. The summed E-state index contributed by atoms with van der Waals surface area (Å²) in [5.74, 6) is -0.756. The van der Waals surface area contributed by atoms with E-state index < -0.39 is 0 Å². The van der Waals surface area contributed by atoms with Crippen LogP contribution in [0.25, 0.3) is 0 Å². The van der Waals surface area contributed by atoms with Gasteiger partial charge in [0.1, 0.15) is 0 Å². The SMILES string of the molecule is Oc1ccc(Cc2cc(O)c(O)cc2Br)cc1O. The van der Waals surface area contributed by atoms with Gasteiger partial charge in [-0.15, -0.1) is 0 Å². The lowest BCUT2D eigenvalue weighted by Crippen LogP contribution is -1.90.